The van der Waals surface area contributed by atoms with Gasteiger partial charge in [-0.1, -0.05) is 60.0 Å². The Labute approximate surface area is 196 Å². The number of benzene rings is 2. The fourth-order valence-corrected chi connectivity index (χ4v) is 2.93. The van der Waals surface area contributed by atoms with E-state index in [-0.39, 0.29) is 18.9 Å². The molecule has 170 valence electrons. The number of aryl methyl sites for hydroxylation is 1. The van der Waals surface area contributed by atoms with Gasteiger partial charge >= 0.3 is 12.0 Å². The number of nitrogens with zero attached hydrogens (tertiary/aromatic N) is 3. The van der Waals surface area contributed by atoms with E-state index in [9.17, 15) is 14.4 Å². The van der Waals surface area contributed by atoms with Gasteiger partial charge in [-0.25, -0.2) is 9.79 Å². The van der Waals surface area contributed by atoms with E-state index in [1.165, 1.54) is 6.92 Å². The molecule has 0 aliphatic heterocycles. The van der Waals surface area contributed by atoms with Crippen LogP contribution in [0.1, 0.15) is 18.1 Å². The van der Waals surface area contributed by atoms with Crippen LogP contribution in [0.2, 0.25) is 10.0 Å². The van der Waals surface area contributed by atoms with Crippen molar-refractivity contribution < 1.29 is 19.5 Å². The van der Waals surface area contributed by atoms with Gasteiger partial charge in [-0.15, -0.1) is 0 Å². The summed E-state index contributed by atoms with van der Waals surface area (Å²) in [6.07, 6.45) is 0.283. The number of rotatable bonds is 7. The summed E-state index contributed by atoms with van der Waals surface area (Å²) in [5, 5.41) is 12.3. The number of carboxylic acids is 1. The first-order valence-corrected chi connectivity index (χ1v) is 10.4. The first-order valence-electron chi connectivity index (χ1n) is 9.67. The zero-order valence-corrected chi connectivity index (χ0v) is 19.4. The standard InChI is InChI=1S/C22H24Cl2N4O4/c1-14-4-6-16(7-5-14)12-27(3)21(25-17-8-9-18(23)19(24)10-17)26-22(32)28(13-29)11-15(2)20(30)31/h4-10,13,15H,11-12H2,1-3H3,(H,30,31)(H,25,26,32)/t15-/m0/s1. The van der Waals surface area contributed by atoms with Gasteiger partial charge in [0, 0.05) is 20.1 Å². The van der Waals surface area contributed by atoms with E-state index >= 15 is 0 Å². The highest BCUT2D eigenvalue weighted by Crippen LogP contribution is 2.26. The Bertz CT molecular complexity index is 1010. The second kappa shape index (κ2) is 11.5. The molecule has 8 nitrogen and oxygen atoms in total. The zero-order chi connectivity index (χ0) is 23.8. The maximum absolute atomic E-state index is 12.7. The molecule has 1 atom stereocenters. The second-order valence-corrected chi connectivity index (χ2v) is 8.12. The van der Waals surface area contributed by atoms with E-state index in [4.69, 9.17) is 28.3 Å². The van der Waals surface area contributed by atoms with Crippen molar-refractivity contribution in [2.75, 3.05) is 13.6 Å². The molecular formula is C22H24Cl2N4O4. The molecule has 0 saturated heterocycles. The van der Waals surface area contributed by atoms with Gasteiger partial charge in [0.05, 0.1) is 21.7 Å². The molecule has 32 heavy (non-hydrogen) atoms. The lowest BCUT2D eigenvalue weighted by Crippen LogP contribution is -2.49. The van der Waals surface area contributed by atoms with Crippen molar-refractivity contribution in [3.05, 3.63) is 63.6 Å². The Kier molecular flexibility index (Phi) is 9.04. The first-order chi connectivity index (χ1) is 15.1. The van der Waals surface area contributed by atoms with Crippen molar-refractivity contribution in [3.8, 4) is 0 Å². The predicted molar refractivity (Wildman–Crippen MR) is 124 cm³/mol. The molecule has 0 saturated carbocycles. The van der Waals surface area contributed by atoms with Crippen LogP contribution in [0.4, 0.5) is 10.5 Å². The number of aliphatic imine (C=N–C) groups is 1. The van der Waals surface area contributed by atoms with Gasteiger partial charge in [-0.05, 0) is 30.7 Å². The summed E-state index contributed by atoms with van der Waals surface area (Å²) < 4.78 is 0. The third-order valence-electron chi connectivity index (χ3n) is 4.54. The average Bonchev–Trinajstić information content (AvgIpc) is 2.75. The normalized spacial score (nSPS) is 12.1. The third-order valence-corrected chi connectivity index (χ3v) is 5.28. The Hall–Kier alpha value is -3.10. The van der Waals surface area contributed by atoms with Gasteiger partial charge in [0.2, 0.25) is 12.4 Å². The lowest BCUT2D eigenvalue weighted by molar-refractivity contribution is -0.141. The number of carbonyl (C=O) groups is 3. The topological polar surface area (TPSA) is 102 Å². The highest BCUT2D eigenvalue weighted by atomic mass is 35.5. The molecule has 3 amide bonds. The van der Waals surface area contributed by atoms with Crippen molar-refractivity contribution in [1.82, 2.24) is 15.1 Å². The number of aliphatic carboxylic acids is 1. The molecule has 2 N–H and O–H groups in total. The summed E-state index contributed by atoms with van der Waals surface area (Å²) in [4.78, 5) is 42.1. The molecule has 0 spiro atoms. The Balaban J connectivity index is 2.31. The van der Waals surface area contributed by atoms with Crippen LogP contribution < -0.4 is 5.32 Å². The summed E-state index contributed by atoms with van der Waals surface area (Å²) >= 11 is 12.0. The van der Waals surface area contributed by atoms with Crippen LogP contribution in [-0.2, 0) is 16.1 Å². The monoisotopic (exact) mass is 478 g/mol. The number of carboxylic acid groups (broad SMARTS) is 1. The maximum atomic E-state index is 12.7. The van der Waals surface area contributed by atoms with Gasteiger partial charge in [0.1, 0.15) is 0 Å². The quantitative estimate of drug-likeness (QED) is 0.350. The van der Waals surface area contributed by atoms with Crippen molar-refractivity contribution in [1.29, 1.82) is 0 Å². The largest absolute Gasteiger partial charge is 0.481 e. The summed E-state index contributed by atoms with van der Waals surface area (Å²) in [7, 11) is 1.72. The van der Waals surface area contributed by atoms with Crippen LogP contribution in [0, 0.1) is 12.8 Å². The number of hydrogen-bond acceptors (Lipinski definition) is 4. The van der Waals surface area contributed by atoms with Crippen molar-refractivity contribution in [2.45, 2.75) is 20.4 Å². The number of nitrogens with one attached hydrogen (secondary N) is 1. The van der Waals surface area contributed by atoms with Gasteiger partial charge in [-0.3, -0.25) is 19.8 Å². The molecule has 0 aromatic heterocycles. The number of imide groups is 1. The summed E-state index contributed by atoms with van der Waals surface area (Å²) in [6, 6.07) is 11.8. The first kappa shape index (κ1) is 25.2. The van der Waals surface area contributed by atoms with E-state index in [1.807, 2.05) is 31.2 Å². The highest BCUT2D eigenvalue weighted by Gasteiger charge is 2.22. The van der Waals surface area contributed by atoms with Gasteiger partial charge in [-0.2, -0.15) is 0 Å². The van der Waals surface area contributed by atoms with E-state index in [1.54, 1.807) is 30.1 Å². The predicted octanol–water partition coefficient (Wildman–Crippen LogP) is 4.31. The van der Waals surface area contributed by atoms with Gasteiger partial charge < -0.3 is 10.0 Å². The van der Waals surface area contributed by atoms with Crippen molar-refractivity contribution in [3.63, 3.8) is 0 Å². The van der Waals surface area contributed by atoms with E-state index in [0.29, 0.717) is 22.3 Å². The third kappa shape index (κ3) is 7.25. The van der Waals surface area contributed by atoms with Crippen LogP contribution in [0.15, 0.2) is 47.5 Å². The van der Waals surface area contributed by atoms with Crippen LogP contribution in [0.5, 0.6) is 0 Å². The molecule has 0 bridgehead atoms. The Morgan fingerprint density at radius 1 is 1.16 bits per heavy atom. The molecule has 2 rings (SSSR count). The average molecular weight is 479 g/mol. The van der Waals surface area contributed by atoms with E-state index in [0.717, 1.165) is 16.0 Å². The SMILES string of the molecule is Cc1ccc(CN(C)/C(=N/c2ccc(Cl)c(Cl)c2)NC(=O)N(C=O)C[C@H](C)C(=O)O)cc1. The lowest BCUT2D eigenvalue weighted by Gasteiger charge is -2.25. The number of carbonyl (C=O) groups excluding carboxylic acids is 2. The van der Waals surface area contributed by atoms with Gasteiger partial charge in [0.15, 0.2) is 0 Å². The van der Waals surface area contributed by atoms with E-state index < -0.39 is 17.9 Å². The number of amides is 3. The number of guanidine groups is 1. The Morgan fingerprint density at radius 2 is 1.81 bits per heavy atom. The number of halogens is 2. The van der Waals surface area contributed by atoms with Crippen LogP contribution >= 0.6 is 23.2 Å². The van der Waals surface area contributed by atoms with Crippen LogP contribution in [0.25, 0.3) is 0 Å². The van der Waals surface area contributed by atoms with Crippen molar-refractivity contribution in [2.24, 2.45) is 10.9 Å². The molecule has 2 aromatic rings. The number of urea groups is 1. The zero-order valence-electron chi connectivity index (χ0n) is 17.9. The highest BCUT2D eigenvalue weighted by molar-refractivity contribution is 6.42. The molecular weight excluding hydrogens is 455 g/mol. The van der Waals surface area contributed by atoms with E-state index in [2.05, 4.69) is 10.3 Å². The fraction of sp³-hybridized carbons (Fsp3) is 0.273. The minimum atomic E-state index is -1.12. The molecule has 0 fully saturated rings. The minimum Gasteiger partial charge on any atom is -0.481 e. The molecule has 0 radical (unpaired) electrons. The summed E-state index contributed by atoms with van der Waals surface area (Å²) in [6.45, 7) is 3.51. The van der Waals surface area contributed by atoms with Crippen LogP contribution in [0.3, 0.4) is 0 Å². The maximum Gasteiger partial charge on any atom is 0.330 e. The van der Waals surface area contributed by atoms with Crippen molar-refractivity contribution >= 4 is 53.3 Å². The minimum absolute atomic E-state index is 0.142. The molecule has 0 aliphatic rings. The summed E-state index contributed by atoms with van der Waals surface area (Å²) in [5.41, 5.74) is 2.52. The second-order valence-electron chi connectivity index (χ2n) is 7.30. The molecule has 2 aromatic carbocycles. The fourth-order valence-electron chi connectivity index (χ4n) is 2.64. The molecule has 10 heteroatoms. The number of hydrogen-bond donors (Lipinski definition) is 2. The van der Waals surface area contributed by atoms with Gasteiger partial charge in [0.25, 0.3) is 0 Å². The lowest BCUT2D eigenvalue weighted by atomic mass is 10.1. The molecule has 0 aliphatic carbocycles. The molecule has 0 unspecified atom stereocenters. The summed E-state index contributed by atoms with van der Waals surface area (Å²) in [5.74, 6) is -1.90. The Morgan fingerprint density at radius 3 is 2.38 bits per heavy atom. The van der Waals surface area contributed by atoms with Crippen LogP contribution in [-0.4, -0.2) is 52.9 Å². The molecule has 0 heterocycles. The smallest absolute Gasteiger partial charge is 0.330 e.